The van der Waals surface area contributed by atoms with Crippen molar-refractivity contribution in [3.8, 4) is 0 Å². The Bertz CT molecular complexity index is 432. The van der Waals surface area contributed by atoms with Gasteiger partial charge in [0.05, 0.1) is 6.61 Å². The van der Waals surface area contributed by atoms with Crippen molar-refractivity contribution in [2.75, 3.05) is 5.32 Å². The van der Waals surface area contributed by atoms with Crippen LogP contribution in [0.5, 0.6) is 0 Å². The van der Waals surface area contributed by atoms with Gasteiger partial charge >= 0.3 is 0 Å². The van der Waals surface area contributed by atoms with E-state index in [0.717, 1.165) is 28.9 Å². The Morgan fingerprint density at radius 1 is 1.25 bits per heavy atom. The molecule has 2 N–H and O–H groups in total. The number of benzene rings is 1. The van der Waals surface area contributed by atoms with Crippen molar-refractivity contribution in [3.05, 3.63) is 41.1 Å². The van der Waals surface area contributed by atoms with E-state index in [0.29, 0.717) is 6.42 Å². The highest BCUT2D eigenvalue weighted by atomic mass is 16.3. The lowest BCUT2D eigenvalue weighted by molar-refractivity contribution is -0.114. The van der Waals surface area contributed by atoms with Crippen LogP contribution in [0, 0.1) is 0 Å². The van der Waals surface area contributed by atoms with Crippen molar-refractivity contribution >= 4 is 11.5 Å². The summed E-state index contributed by atoms with van der Waals surface area (Å²) in [5, 5.41) is 12.2. The van der Waals surface area contributed by atoms with Gasteiger partial charge in [-0.05, 0) is 31.0 Å². The summed E-state index contributed by atoms with van der Waals surface area (Å²) in [5.41, 5.74) is 3.70. The highest BCUT2D eigenvalue weighted by Crippen LogP contribution is 2.24. The van der Waals surface area contributed by atoms with Gasteiger partial charge in [0, 0.05) is 23.4 Å². The van der Waals surface area contributed by atoms with Crippen LogP contribution in [0.25, 0.3) is 0 Å². The number of hydrogen-bond acceptors (Lipinski definition) is 3. The van der Waals surface area contributed by atoms with Gasteiger partial charge in [-0.2, -0.15) is 0 Å². The fourth-order valence-corrected chi connectivity index (χ4v) is 1.81. The van der Waals surface area contributed by atoms with E-state index in [4.69, 9.17) is 5.11 Å². The summed E-state index contributed by atoms with van der Waals surface area (Å²) in [7, 11) is 0. The number of hydrogen-bond donors (Lipinski definition) is 2. The van der Waals surface area contributed by atoms with Gasteiger partial charge in [0.25, 0.3) is 0 Å². The molecule has 2 rings (SSSR count). The molecule has 1 aliphatic rings. The molecule has 0 bridgehead atoms. The number of nitrogens with one attached hydrogen (secondary N) is 1. The molecule has 3 heteroatoms. The zero-order valence-electron chi connectivity index (χ0n) is 9.29. The highest BCUT2D eigenvalue weighted by molar-refractivity contribution is 5.98. The smallest absolute Gasteiger partial charge is 0.160 e. The molecule has 0 amide bonds. The molecule has 0 atom stereocenters. The minimum absolute atomic E-state index is 0.0560. The minimum Gasteiger partial charge on any atom is -0.392 e. The van der Waals surface area contributed by atoms with Crippen molar-refractivity contribution in [1.29, 1.82) is 0 Å². The molecule has 3 nitrogen and oxygen atoms in total. The fourth-order valence-electron chi connectivity index (χ4n) is 1.81. The van der Waals surface area contributed by atoms with Gasteiger partial charge in [-0.25, -0.2) is 0 Å². The maximum Gasteiger partial charge on any atom is 0.160 e. The molecular weight excluding hydrogens is 202 g/mol. The Balaban J connectivity index is 2.12. The molecule has 1 aliphatic carbocycles. The molecule has 0 spiro atoms. The number of Topliss-reactive ketones (excluding diaryl/α,β-unsaturated/α-hetero) is 1. The fraction of sp³-hybridized carbons (Fsp3) is 0.308. The van der Waals surface area contributed by atoms with Crippen LogP contribution in [0.2, 0.25) is 0 Å². The predicted molar refractivity (Wildman–Crippen MR) is 62.9 cm³/mol. The zero-order valence-corrected chi connectivity index (χ0v) is 9.29. The summed E-state index contributed by atoms with van der Waals surface area (Å²) >= 11 is 0. The maximum atomic E-state index is 11.3. The summed E-state index contributed by atoms with van der Waals surface area (Å²) in [5.74, 6) is 0.231. The van der Waals surface area contributed by atoms with Crippen LogP contribution in [-0.4, -0.2) is 10.9 Å². The number of anilines is 1. The van der Waals surface area contributed by atoms with Crippen LogP contribution < -0.4 is 5.32 Å². The predicted octanol–water partition coefficient (Wildman–Crippen LogP) is 2.23. The summed E-state index contributed by atoms with van der Waals surface area (Å²) < 4.78 is 0. The second-order valence-corrected chi connectivity index (χ2v) is 4.01. The maximum absolute atomic E-state index is 11.3. The molecule has 0 heterocycles. The zero-order chi connectivity index (χ0) is 11.5. The lowest BCUT2D eigenvalue weighted by atomic mass is 10.2. The molecule has 0 radical (unpaired) electrons. The average Bonchev–Trinajstić information content (AvgIpc) is 2.62. The molecule has 0 aromatic heterocycles. The van der Waals surface area contributed by atoms with Crippen molar-refractivity contribution in [1.82, 2.24) is 0 Å². The molecule has 0 saturated carbocycles. The Morgan fingerprint density at radius 3 is 2.44 bits per heavy atom. The summed E-state index contributed by atoms with van der Waals surface area (Å²) in [6.45, 7) is 1.92. The highest BCUT2D eigenvalue weighted by Gasteiger charge is 2.18. The molecule has 84 valence electrons. The van der Waals surface area contributed by atoms with Gasteiger partial charge in [0.2, 0.25) is 0 Å². The van der Waals surface area contributed by atoms with Crippen molar-refractivity contribution in [2.24, 2.45) is 0 Å². The average molecular weight is 217 g/mol. The normalized spacial score (nSPS) is 15.8. The van der Waals surface area contributed by atoms with Gasteiger partial charge in [-0.1, -0.05) is 12.1 Å². The quantitative estimate of drug-likeness (QED) is 0.816. The van der Waals surface area contributed by atoms with Gasteiger partial charge in [0.15, 0.2) is 5.78 Å². The molecule has 16 heavy (non-hydrogen) atoms. The van der Waals surface area contributed by atoms with Gasteiger partial charge in [-0.3, -0.25) is 4.79 Å². The first-order valence-electron chi connectivity index (χ1n) is 5.40. The first-order chi connectivity index (χ1) is 7.70. The van der Waals surface area contributed by atoms with E-state index in [-0.39, 0.29) is 12.4 Å². The van der Waals surface area contributed by atoms with Crippen molar-refractivity contribution in [2.45, 2.75) is 26.4 Å². The second kappa shape index (κ2) is 4.49. The van der Waals surface area contributed by atoms with Crippen molar-refractivity contribution < 1.29 is 9.90 Å². The van der Waals surface area contributed by atoms with Gasteiger partial charge in [-0.15, -0.1) is 0 Å². The number of allylic oxidation sites excluding steroid dienone is 2. The summed E-state index contributed by atoms with van der Waals surface area (Å²) in [6, 6.07) is 7.56. The van der Waals surface area contributed by atoms with E-state index in [1.54, 1.807) is 0 Å². The van der Waals surface area contributed by atoms with E-state index in [9.17, 15) is 4.79 Å². The molecule has 1 aromatic rings. The first kappa shape index (κ1) is 10.9. The van der Waals surface area contributed by atoms with E-state index in [2.05, 4.69) is 5.32 Å². The Kier molecular flexibility index (Phi) is 3.06. The monoisotopic (exact) mass is 217 g/mol. The number of carbonyl (C=O) groups is 1. The molecule has 0 fully saturated rings. The third kappa shape index (κ3) is 2.14. The van der Waals surface area contributed by atoms with Crippen LogP contribution in [0.3, 0.4) is 0 Å². The van der Waals surface area contributed by atoms with Crippen LogP contribution in [0.15, 0.2) is 35.5 Å². The Hall–Kier alpha value is -1.61. The Labute approximate surface area is 94.8 Å². The standard InChI is InChI=1S/C13H15NO2/c1-9-12(6-7-13(9)16)14-11-4-2-10(8-15)3-5-11/h2-5,14-15H,6-8H2,1H3. The van der Waals surface area contributed by atoms with E-state index >= 15 is 0 Å². The van der Waals surface area contributed by atoms with E-state index in [1.807, 2.05) is 31.2 Å². The second-order valence-electron chi connectivity index (χ2n) is 4.01. The minimum atomic E-state index is 0.0560. The van der Waals surface area contributed by atoms with Crippen LogP contribution >= 0.6 is 0 Å². The topological polar surface area (TPSA) is 49.3 Å². The van der Waals surface area contributed by atoms with Crippen LogP contribution in [0.1, 0.15) is 25.3 Å². The number of rotatable bonds is 3. The van der Waals surface area contributed by atoms with E-state index in [1.165, 1.54) is 0 Å². The molecular formula is C13H15NO2. The SMILES string of the molecule is CC1=C(Nc2ccc(CO)cc2)CCC1=O. The van der Waals surface area contributed by atoms with Crippen LogP contribution in [0.4, 0.5) is 5.69 Å². The lowest BCUT2D eigenvalue weighted by Gasteiger charge is -2.08. The number of carbonyl (C=O) groups excluding carboxylic acids is 1. The summed E-state index contributed by atoms with van der Waals surface area (Å²) in [4.78, 5) is 11.3. The number of ketones is 1. The molecule has 1 aromatic carbocycles. The number of aliphatic hydroxyl groups is 1. The summed E-state index contributed by atoms with van der Waals surface area (Å²) in [6.07, 6.45) is 1.41. The molecule has 0 aliphatic heterocycles. The number of aliphatic hydroxyl groups excluding tert-OH is 1. The third-order valence-corrected chi connectivity index (χ3v) is 2.90. The largest absolute Gasteiger partial charge is 0.392 e. The Morgan fingerprint density at radius 2 is 1.94 bits per heavy atom. The third-order valence-electron chi connectivity index (χ3n) is 2.90. The molecule has 0 unspecified atom stereocenters. The molecule has 0 saturated heterocycles. The van der Waals surface area contributed by atoms with E-state index < -0.39 is 0 Å². The first-order valence-corrected chi connectivity index (χ1v) is 5.40. The van der Waals surface area contributed by atoms with Crippen molar-refractivity contribution in [3.63, 3.8) is 0 Å². The van der Waals surface area contributed by atoms with Gasteiger partial charge < -0.3 is 10.4 Å². The van der Waals surface area contributed by atoms with Crippen LogP contribution in [-0.2, 0) is 11.4 Å². The lowest BCUT2D eigenvalue weighted by Crippen LogP contribution is -1.99. The van der Waals surface area contributed by atoms with Gasteiger partial charge in [0.1, 0.15) is 0 Å².